The van der Waals surface area contributed by atoms with Crippen LogP contribution in [0.2, 0.25) is 0 Å². The molecule has 0 fully saturated rings. The molecular weight excluding hydrogens is 295 g/mol. The van der Waals surface area contributed by atoms with Crippen molar-refractivity contribution < 1.29 is 12.8 Å². The van der Waals surface area contributed by atoms with Gasteiger partial charge in [0.15, 0.2) is 0 Å². The number of benzene rings is 1. The van der Waals surface area contributed by atoms with E-state index in [1.807, 2.05) is 0 Å². The molecule has 0 aliphatic rings. The molecule has 114 valence electrons. The number of nitrogens with zero attached hydrogens (tertiary/aromatic N) is 2. The summed E-state index contributed by atoms with van der Waals surface area (Å²) < 4.78 is 42.1. The number of halogens is 1. The molecule has 0 radical (unpaired) electrons. The van der Waals surface area contributed by atoms with Crippen molar-refractivity contribution in [2.45, 2.75) is 18.2 Å². The van der Waals surface area contributed by atoms with Crippen LogP contribution in [0.25, 0.3) is 0 Å². The molecule has 0 spiro atoms. The number of aryl methyl sites for hydroxylation is 1. The third-order valence-electron chi connectivity index (χ3n) is 3.20. The summed E-state index contributed by atoms with van der Waals surface area (Å²) in [5.74, 6) is -0.637. The zero-order valence-electron chi connectivity index (χ0n) is 11.8. The third-order valence-corrected chi connectivity index (χ3v) is 4.79. The molecule has 0 aliphatic heterocycles. The highest BCUT2D eigenvalue weighted by molar-refractivity contribution is 7.89. The smallest absolute Gasteiger partial charge is 0.241 e. The minimum Gasteiger partial charge on any atom is -0.399 e. The van der Waals surface area contributed by atoms with E-state index >= 15 is 0 Å². The number of sulfonamides is 1. The molecule has 6 nitrogen and oxygen atoms in total. The van der Waals surface area contributed by atoms with Crippen molar-refractivity contribution >= 4 is 15.7 Å². The zero-order chi connectivity index (χ0) is 15.6. The van der Waals surface area contributed by atoms with Crippen LogP contribution >= 0.6 is 0 Å². The van der Waals surface area contributed by atoms with Crippen molar-refractivity contribution in [2.75, 3.05) is 12.3 Å². The van der Waals surface area contributed by atoms with Gasteiger partial charge in [-0.05, 0) is 25.1 Å². The number of hydrogen-bond donors (Lipinski definition) is 2. The van der Waals surface area contributed by atoms with Crippen LogP contribution in [0.15, 0.2) is 29.3 Å². The third kappa shape index (κ3) is 3.40. The van der Waals surface area contributed by atoms with Gasteiger partial charge in [-0.2, -0.15) is 5.10 Å². The maximum atomic E-state index is 13.6. The Labute approximate surface area is 122 Å². The van der Waals surface area contributed by atoms with Gasteiger partial charge in [-0.1, -0.05) is 0 Å². The lowest BCUT2D eigenvalue weighted by molar-refractivity contribution is 0.573. The molecule has 3 N–H and O–H groups in total. The van der Waals surface area contributed by atoms with Crippen LogP contribution < -0.4 is 10.5 Å². The van der Waals surface area contributed by atoms with Crippen molar-refractivity contribution in [1.29, 1.82) is 0 Å². The Hall–Kier alpha value is -1.93. The fourth-order valence-corrected chi connectivity index (χ4v) is 3.31. The molecule has 2 rings (SSSR count). The van der Waals surface area contributed by atoms with E-state index in [1.165, 1.54) is 13.0 Å². The summed E-state index contributed by atoms with van der Waals surface area (Å²) in [6, 6.07) is 4.16. The molecule has 0 saturated carbocycles. The lowest BCUT2D eigenvalue weighted by atomic mass is 10.2. The quantitative estimate of drug-likeness (QED) is 0.805. The maximum Gasteiger partial charge on any atom is 0.241 e. The van der Waals surface area contributed by atoms with Gasteiger partial charge in [0.05, 0.1) is 4.90 Å². The van der Waals surface area contributed by atoms with E-state index in [1.54, 1.807) is 24.0 Å². The first-order chi connectivity index (χ1) is 9.81. The molecule has 21 heavy (non-hydrogen) atoms. The molecule has 0 bridgehead atoms. The average molecular weight is 312 g/mol. The van der Waals surface area contributed by atoms with Crippen molar-refractivity contribution in [3.8, 4) is 0 Å². The van der Waals surface area contributed by atoms with Gasteiger partial charge in [-0.3, -0.25) is 4.68 Å². The monoisotopic (exact) mass is 312 g/mol. The summed E-state index contributed by atoms with van der Waals surface area (Å²) in [4.78, 5) is -0.134. The molecule has 1 heterocycles. The van der Waals surface area contributed by atoms with Gasteiger partial charge in [-0.15, -0.1) is 0 Å². The average Bonchev–Trinajstić information content (AvgIpc) is 2.79. The molecule has 2 aromatic rings. The highest BCUT2D eigenvalue weighted by Crippen LogP contribution is 2.21. The molecule has 1 aromatic heterocycles. The molecule has 0 aliphatic carbocycles. The van der Waals surface area contributed by atoms with Crippen LogP contribution in [0.4, 0.5) is 10.1 Å². The van der Waals surface area contributed by atoms with Crippen LogP contribution in [0.1, 0.15) is 11.3 Å². The lowest BCUT2D eigenvalue weighted by Crippen LogP contribution is -2.27. The van der Waals surface area contributed by atoms with Gasteiger partial charge in [-0.25, -0.2) is 17.5 Å². The summed E-state index contributed by atoms with van der Waals surface area (Å²) in [6.07, 6.45) is 2.13. The van der Waals surface area contributed by atoms with Gasteiger partial charge in [0.25, 0.3) is 0 Å². The van der Waals surface area contributed by atoms with Gasteiger partial charge in [0.2, 0.25) is 10.0 Å². The number of anilines is 1. The SMILES string of the molecule is Cc1c(F)cc(N)cc1S(=O)(=O)NCCc1ccnn1C. The van der Waals surface area contributed by atoms with Crippen molar-refractivity contribution in [3.63, 3.8) is 0 Å². The second-order valence-electron chi connectivity index (χ2n) is 4.72. The number of nitrogen functional groups attached to an aromatic ring is 1. The predicted octanol–water partition coefficient (Wildman–Crippen LogP) is 0.971. The largest absolute Gasteiger partial charge is 0.399 e. The van der Waals surface area contributed by atoms with Gasteiger partial charge in [0, 0.05) is 43.2 Å². The van der Waals surface area contributed by atoms with Crippen LogP contribution in [0.3, 0.4) is 0 Å². The Balaban J connectivity index is 2.14. The number of nitrogens with one attached hydrogen (secondary N) is 1. The van der Waals surface area contributed by atoms with Crippen molar-refractivity contribution in [1.82, 2.24) is 14.5 Å². The minimum absolute atomic E-state index is 0.0530. The van der Waals surface area contributed by atoms with Crippen LogP contribution in [0, 0.1) is 12.7 Å². The van der Waals surface area contributed by atoms with Gasteiger partial charge in [0.1, 0.15) is 5.82 Å². The lowest BCUT2D eigenvalue weighted by Gasteiger charge is -2.11. The predicted molar refractivity (Wildman–Crippen MR) is 77.6 cm³/mol. The molecular formula is C13H17FN4O2S. The van der Waals surface area contributed by atoms with E-state index in [0.29, 0.717) is 6.42 Å². The highest BCUT2D eigenvalue weighted by Gasteiger charge is 2.19. The first-order valence-electron chi connectivity index (χ1n) is 6.33. The van der Waals surface area contributed by atoms with Crippen LogP contribution in [-0.2, 0) is 23.5 Å². The first kappa shape index (κ1) is 15.5. The fraction of sp³-hybridized carbons (Fsp3) is 0.308. The van der Waals surface area contributed by atoms with Crippen LogP contribution in [-0.4, -0.2) is 24.7 Å². The summed E-state index contributed by atoms with van der Waals surface area (Å²) in [6.45, 7) is 1.60. The Morgan fingerprint density at radius 1 is 1.43 bits per heavy atom. The number of hydrogen-bond acceptors (Lipinski definition) is 4. The molecule has 0 amide bonds. The van der Waals surface area contributed by atoms with E-state index in [9.17, 15) is 12.8 Å². The first-order valence-corrected chi connectivity index (χ1v) is 7.82. The van der Waals surface area contributed by atoms with E-state index in [2.05, 4.69) is 9.82 Å². The van der Waals surface area contributed by atoms with E-state index in [0.717, 1.165) is 11.8 Å². The Morgan fingerprint density at radius 2 is 2.14 bits per heavy atom. The van der Waals surface area contributed by atoms with E-state index in [-0.39, 0.29) is 22.7 Å². The normalized spacial score (nSPS) is 11.8. The number of aromatic nitrogens is 2. The second kappa shape index (κ2) is 5.82. The Bertz CT molecular complexity index is 756. The standard InChI is InChI=1S/C13H17FN4O2S/c1-9-12(14)7-10(15)8-13(9)21(19,20)17-6-4-11-3-5-16-18(11)2/h3,5,7-8,17H,4,6,15H2,1-2H3. The minimum atomic E-state index is -3.80. The molecule has 0 saturated heterocycles. The zero-order valence-corrected chi connectivity index (χ0v) is 12.6. The molecule has 1 aromatic carbocycles. The van der Waals surface area contributed by atoms with Crippen LogP contribution in [0.5, 0.6) is 0 Å². The van der Waals surface area contributed by atoms with E-state index in [4.69, 9.17) is 5.73 Å². The molecule has 0 unspecified atom stereocenters. The Morgan fingerprint density at radius 3 is 2.76 bits per heavy atom. The Kier molecular flexibility index (Phi) is 4.29. The van der Waals surface area contributed by atoms with E-state index < -0.39 is 15.8 Å². The summed E-state index contributed by atoms with van der Waals surface area (Å²) in [5.41, 5.74) is 6.53. The topological polar surface area (TPSA) is 90.0 Å². The van der Waals surface area contributed by atoms with Crippen molar-refractivity contribution in [2.24, 2.45) is 7.05 Å². The van der Waals surface area contributed by atoms with Gasteiger partial charge >= 0.3 is 0 Å². The summed E-state index contributed by atoms with van der Waals surface area (Å²) >= 11 is 0. The molecule has 0 atom stereocenters. The van der Waals surface area contributed by atoms with Crippen molar-refractivity contribution in [3.05, 3.63) is 41.5 Å². The summed E-state index contributed by atoms with van der Waals surface area (Å²) in [5, 5.41) is 4.00. The van der Waals surface area contributed by atoms with Gasteiger partial charge < -0.3 is 5.73 Å². The second-order valence-corrected chi connectivity index (χ2v) is 6.46. The highest BCUT2D eigenvalue weighted by atomic mass is 32.2. The number of rotatable bonds is 5. The molecule has 8 heteroatoms. The number of nitrogens with two attached hydrogens (primary N) is 1. The fourth-order valence-electron chi connectivity index (χ4n) is 1.99. The summed E-state index contributed by atoms with van der Waals surface area (Å²) in [7, 11) is -2.02. The maximum absolute atomic E-state index is 13.6.